The summed E-state index contributed by atoms with van der Waals surface area (Å²) in [7, 11) is 1.42. The quantitative estimate of drug-likeness (QED) is 0.778. The van der Waals surface area contributed by atoms with Gasteiger partial charge in [-0.3, -0.25) is 9.59 Å². The average molecular weight is 302 g/mol. The van der Waals surface area contributed by atoms with Crippen molar-refractivity contribution in [1.82, 2.24) is 4.90 Å². The molecular weight excluding hydrogens is 280 g/mol. The Kier molecular flexibility index (Phi) is 4.32. The van der Waals surface area contributed by atoms with Gasteiger partial charge in [-0.25, -0.2) is 0 Å². The first kappa shape index (κ1) is 14.9. The first-order chi connectivity index (χ1) is 10.7. The molecule has 0 bridgehead atoms. The standard InChI is InChI=1S/C17H22N2O3/c1-22-17(21)12-19-11-13(14-5-2-3-6-15(14)19)8-10-18-9-4-7-16(18)20/h2-3,5-6,13H,4,7-12H2,1H3. The molecule has 0 N–H and O–H groups in total. The van der Waals surface area contributed by atoms with Gasteiger partial charge in [0.15, 0.2) is 0 Å². The number of para-hydroxylation sites is 1. The van der Waals surface area contributed by atoms with Gasteiger partial charge in [-0.2, -0.15) is 0 Å². The number of anilines is 1. The SMILES string of the molecule is COC(=O)CN1CC(CCN2CCCC2=O)c2ccccc21. The number of hydrogen-bond donors (Lipinski definition) is 0. The molecule has 22 heavy (non-hydrogen) atoms. The van der Waals surface area contributed by atoms with E-state index in [0.717, 1.165) is 38.2 Å². The van der Waals surface area contributed by atoms with Gasteiger partial charge in [0.25, 0.3) is 0 Å². The third kappa shape index (κ3) is 2.93. The van der Waals surface area contributed by atoms with Crippen molar-refractivity contribution >= 4 is 17.6 Å². The maximum atomic E-state index is 11.7. The molecule has 0 aliphatic carbocycles. The summed E-state index contributed by atoms with van der Waals surface area (Å²) in [5, 5.41) is 0. The summed E-state index contributed by atoms with van der Waals surface area (Å²) in [6.45, 7) is 2.80. The number of methoxy groups -OCH3 is 1. The lowest BCUT2D eigenvalue weighted by molar-refractivity contribution is -0.139. The zero-order valence-corrected chi connectivity index (χ0v) is 13.0. The number of likely N-dealkylation sites (tertiary alicyclic amines) is 1. The second kappa shape index (κ2) is 6.38. The molecule has 1 unspecified atom stereocenters. The molecule has 1 amide bonds. The number of carbonyl (C=O) groups excluding carboxylic acids is 2. The Hall–Kier alpha value is -2.04. The van der Waals surface area contributed by atoms with Crippen molar-refractivity contribution in [2.75, 3.05) is 38.2 Å². The molecule has 5 heteroatoms. The van der Waals surface area contributed by atoms with Crippen LogP contribution in [0.2, 0.25) is 0 Å². The van der Waals surface area contributed by atoms with E-state index in [1.807, 2.05) is 17.0 Å². The molecule has 1 aromatic rings. The first-order valence-electron chi connectivity index (χ1n) is 7.87. The summed E-state index contributed by atoms with van der Waals surface area (Å²) in [5.41, 5.74) is 2.39. The van der Waals surface area contributed by atoms with E-state index in [4.69, 9.17) is 4.74 Å². The second-order valence-electron chi connectivity index (χ2n) is 5.99. The molecule has 0 aromatic heterocycles. The van der Waals surface area contributed by atoms with Crippen LogP contribution < -0.4 is 4.90 Å². The number of hydrogen-bond acceptors (Lipinski definition) is 4. The van der Waals surface area contributed by atoms with Crippen molar-refractivity contribution in [2.24, 2.45) is 0 Å². The summed E-state index contributed by atoms with van der Waals surface area (Å²) in [6.07, 6.45) is 2.62. The molecule has 2 heterocycles. The minimum Gasteiger partial charge on any atom is -0.468 e. The molecule has 118 valence electrons. The van der Waals surface area contributed by atoms with Gasteiger partial charge in [-0.15, -0.1) is 0 Å². The molecule has 1 saturated heterocycles. The Morgan fingerprint density at radius 1 is 1.32 bits per heavy atom. The minimum absolute atomic E-state index is 0.217. The largest absolute Gasteiger partial charge is 0.468 e. The van der Waals surface area contributed by atoms with Gasteiger partial charge < -0.3 is 14.5 Å². The lowest BCUT2D eigenvalue weighted by Crippen LogP contribution is -2.31. The maximum absolute atomic E-state index is 11.7. The van der Waals surface area contributed by atoms with Crippen LogP contribution in [0.25, 0.3) is 0 Å². The lowest BCUT2D eigenvalue weighted by Gasteiger charge is -2.20. The summed E-state index contributed by atoms with van der Waals surface area (Å²) < 4.78 is 4.78. The molecular formula is C17H22N2O3. The van der Waals surface area contributed by atoms with Gasteiger partial charge >= 0.3 is 5.97 Å². The highest BCUT2D eigenvalue weighted by Crippen LogP contribution is 2.38. The van der Waals surface area contributed by atoms with Crippen LogP contribution in [0.4, 0.5) is 5.69 Å². The second-order valence-corrected chi connectivity index (χ2v) is 5.99. The van der Waals surface area contributed by atoms with Crippen LogP contribution >= 0.6 is 0 Å². The Balaban J connectivity index is 1.68. The maximum Gasteiger partial charge on any atom is 0.325 e. The van der Waals surface area contributed by atoms with Gasteiger partial charge in [-0.05, 0) is 24.5 Å². The van der Waals surface area contributed by atoms with E-state index in [1.165, 1.54) is 12.7 Å². The smallest absolute Gasteiger partial charge is 0.325 e. The topological polar surface area (TPSA) is 49.9 Å². The number of carbonyl (C=O) groups is 2. The highest BCUT2D eigenvalue weighted by atomic mass is 16.5. The molecule has 0 saturated carbocycles. The van der Waals surface area contributed by atoms with Gasteiger partial charge in [0.05, 0.1) is 7.11 Å². The van der Waals surface area contributed by atoms with Crippen molar-refractivity contribution in [2.45, 2.75) is 25.2 Å². The van der Waals surface area contributed by atoms with Gasteiger partial charge in [-0.1, -0.05) is 18.2 Å². The molecule has 2 aliphatic heterocycles. The molecule has 0 radical (unpaired) electrons. The third-order valence-electron chi connectivity index (χ3n) is 4.62. The summed E-state index contributed by atoms with van der Waals surface area (Å²) >= 11 is 0. The minimum atomic E-state index is -0.217. The Labute approximate surface area is 130 Å². The predicted molar refractivity (Wildman–Crippen MR) is 83.8 cm³/mol. The van der Waals surface area contributed by atoms with E-state index in [0.29, 0.717) is 12.3 Å². The molecule has 1 atom stereocenters. The van der Waals surface area contributed by atoms with Gasteiger partial charge in [0, 0.05) is 37.7 Å². The highest BCUT2D eigenvalue weighted by Gasteiger charge is 2.30. The Bertz CT molecular complexity index is 573. The number of amides is 1. The highest BCUT2D eigenvalue weighted by molar-refractivity contribution is 5.78. The van der Waals surface area contributed by atoms with Crippen molar-refractivity contribution in [3.05, 3.63) is 29.8 Å². The van der Waals surface area contributed by atoms with E-state index < -0.39 is 0 Å². The lowest BCUT2D eigenvalue weighted by atomic mass is 9.98. The van der Waals surface area contributed by atoms with E-state index in [1.54, 1.807) is 0 Å². The fraction of sp³-hybridized carbons (Fsp3) is 0.529. The van der Waals surface area contributed by atoms with Crippen LogP contribution in [0.1, 0.15) is 30.7 Å². The van der Waals surface area contributed by atoms with Crippen molar-refractivity contribution in [3.63, 3.8) is 0 Å². The Morgan fingerprint density at radius 2 is 2.14 bits per heavy atom. The Morgan fingerprint density at radius 3 is 2.86 bits per heavy atom. The van der Waals surface area contributed by atoms with Gasteiger partial charge in [0.2, 0.25) is 5.91 Å². The number of ether oxygens (including phenoxy) is 1. The molecule has 2 aliphatic rings. The molecule has 1 aromatic carbocycles. The fourth-order valence-electron chi connectivity index (χ4n) is 3.45. The van der Waals surface area contributed by atoms with Crippen LogP contribution in [-0.2, 0) is 14.3 Å². The van der Waals surface area contributed by atoms with Crippen LogP contribution in [0, 0.1) is 0 Å². The van der Waals surface area contributed by atoms with E-state index in [2.05, 4.69) is 17.0 Å². The zero-order chi connectivity index (χ0) is 15.5. The first-order valence-corrected chi connectivity index (χ1v) is 7.87. The van der Waals surface area contributed by atoms with Crippen molar-refractivity contribution in [3.8, 4) is 0 Å². The average Bonchev–Trinajstić information content (AvgIpc) is 3.09. The summed E-state index contributed by atoms with van der Waals surface area (Å²) in [5.74, 6) is 0.428. The fourth-order valence-corrected chi connectivity index (χ4v) is 3.45. The number of nitrogens with zero attached hydrogens (tertiary/aromatic N) is 2. The molecule has 5 nitrogen and oxygen atoms in total. The molecule has 3 rings (SSSR count). The summed E-state index contributed by atoms with van der Waals surface area (Å²) in [4.78, 5) is 27.3. The molecule has 1 fully saturated rings. The summed E-state index contributed by atoms with van der Waals surface area (Å²) in [6, 6.07) is 8.21. The number of fused-ring (bicyclic) bond motifs is 1. The number of esters is 1. The number of rotatable bonds is 5. The molecule has 0 spiro atoms. The van der Waals surface area contributed by atoms with E-state index in [9.17, 15) is 9.59 Å². The zero-order valence-electron chi connectivity index (χ0n) is 13.0. The number of benzene rings is 1. The van der Waals surface area contributed by atoms with Crippen LogP contribution in [0.3, 0.4) is 0 Å². The van der Waals surface area contributed by atoms with E-state index >= 15 is 0 Å². The monoisotopic (exact) mass is 302 g/mol. The van der Waals surface area contributed by atoms with Crippen LogP contribution in [0.15, 0.2) is 24.3 Å². The van der Waals surface area contributed by atoms with E-state index in [-0.39, 0.29) is 18.4 Å². The van der Waals surface area contributed by atoms with Crippen molar-refractivity contribution in [1.29, 1.82) is 0 Å². The predicted octanol–water partition coefficient (Wildman–Crippen LogP) is 1.78. The van der Waals surface area contributed by atoms with Crippen LogP contribution in [0.5, 0.6) is 0 Å². The third-order valence-corrected chi connectivity index (χ3v) is 4.62. The van der Waals surface area contributed by atoms with Crippen LogP contribution in [-0.4, -0.2) is 50.1 Å². The van der Waals surface area contributed by atoms with Crippen molar-refractivity contribution < 1.29 is 14.3 Å². The normalized spacial score (nSPS) is 20.4. The van der Waals surface area contributed by atoms with Gasteiger partial charge in [0.1, 0.15) is 6.54 Å².